The number of nitrogens with zero attached hydrogens (tertiary/aromatic N) is 1. The minimum atomic E-state index is -3.36. The predicted octanol–water partition coefficient (Wildman–Crippen LogP) is 2.13. The second-order valence-electron chi connectivity index (χ2n) is 6.69. The highest BCUT2D eigenvalue weighted by Crippen LogP contribution is 2.21. The van der Waals surface area contributed by atoms with Crippen LogP contribution in [0.3, 0.4) is 0 Å². The number of hydrogen-bond donors (Lipinski definition) is 1. The van der Waals surface area contributed by atoms with Gasteiger partial charge in [-0.05, 0) is 30.5 Å². The van der Waals surface area contributed by atoms with Crippen LogP contribution in [-0.4, -0.2) is 31.7 Å². The van der Waals surface area contributed by atoms with Crippen molar-refractivity contribution in [2.75, 3.05) is 13.1 Å². The van der Waals surface area contributed by atoms with Crippen LogP contribution in [0.5, 0.6) is 0 Å². The third-order valence-corrected chi connectivity index (χ3v) is 5.67. The van der Waals surface area contributed by atoms with E-state index in [-0.39, 0.29) is 5.91 Å². The molecule has 2 rings (SSSR count). The Labute approximate surface area is 132 Å². The first-order valence-electron chi connectivity index (χ1n) is 7.59. The molecule has 5 nitrogen and oxygen atoms in total. The van der Waals surface area contributed by atoms with E-state index in [1.807, 2.05) is 20.8 Å². The smallest absolute Gasteiger partial charge is 0.243 e. The van der Waals surface area contributed by atoms with Gasteiger partial charge in [0.2, 0.25) is 15.9 Å². The minimum Gasteiger partial charge on any atom is -0.352 e. The van der Waals surface area contributed by atoms with Crippen molar-refractivity contribution in [3.63, 3.8) is 0 Å². The normalized spacial score (nSPS) is 16.7. The Bertz CT molecular complexity index is 624. The maximum absolute atomic E-state index is 12.4. The average Bonchev–Trinajstić information content (AvgIpc) is 2.99. The van der Waals surface area contributed by atoms with Crippen LogP contribution in [0.1, 0.15) is 39.2 Å². The van der Waals surface area contributed by atoms with Crippen LogP contribution in [0, 0.1) is 5.41 Å². The van der Waals surface area contributed by atoms with Crippen LogP contribution in [0.2, 0.25) is 0 Å². The molecule has 22 heavy (non-hydrogen) atoms. The molecular formula is C16H24N2O3S. The van der Waals surface area contributed by atoms with Gasteiger partial charge in [-0.25, -0.2) is 8.42 Å². The van der Waals surface area contributed by atoms with Crippen LogP contribution < -0.4 is 5.32 Å². The number of rotatable bonds is 4. The number of nitrogens with one attached hydrogen (secondary N) is 1. The highest BCUT2D eigenvalue weighted by molar-refractivity contribution is 7.89. The number of amides is 1. The molecule has 1 fully saturated rings. The van der Waals surface area contributed by atoms with Gasteiger partial charge in [-0.2, -0.15) is 4.31 Å². The first kappa shape index (κ1) is 17.0. The van der Waals surface area contributed by atoms with Crippen molar-refractivity contribution in [3.05, 3.63) is 29.8 Å². The van der Waals surface area contributed by atoms with Gasteiger partial charge in [0.05, 0.1) is 4.90 Å². The fourth-order valence-corrected chi connectivity index (χ4v) is 3.82. The largest absolute Gasteiger partial charge is 0.352 e. The highest BCUT2D eigenvalue weighted by atomic mass is 32.2. The van der Waals surface area contributed by atoms with Crippen molar-refractivity contribution >= 4 is 15.9 Å². The van der Waals surface area contributed by atoms with E-state index in [2.05, 4.69) is 5.32 Å². The molecule has 1 aliphatic rings. The first-order valence-corrected chi connectivity index (χ1v) is 9.03. The van der Waals surface area contributed by atoms with Gasteiger partial charge >= 0.3 is 0 Å². The van der Waals surface area contributed by atoms with Crippen LogP contribution in [0.15, 0.2) is 29.2 Å². The molecule has 1 amide bonds. The molecule has 1 heterocycles. The van der Waals surface area contributed by atoms with Crippen molar-refractivity contribution < 1.29 is 13.2 Å². The topological polar surface area (TPSA) is 66.5 Å². The predicted molar refractivity (Wildman–Crippen MR) is 85.7 cm³/mol. The lowest BCUT2D eigenvalue weighted by Gasteiger charge is -2.18. The van der Waals surface area contributed by atoms with E-state index in [0.717, 1.165) is 18.4 Å². The third-order valence-electron chi connectivity index (χ3n) is 3.76. The Morgan fingerprint density at radius 3 is 2.18 bits per heavy atom. The van der Waals surface area contributed by atoms with Crippen LogP contribution in [0.4, 0.5) is 0 Å². The van der Waals surface area contributed by atoms with Gasteiger partial charge in [0, 0.05) is 25.0 Å². The zero-order chi connectivity index (χ0) is 16.4. The van der Waals surface area contributed by atoms with E-state index < -0.39 is 15.4 Å². The van der Waals surface area contributed by atoms with E-state index in [0.29, 0.717) is 24.5 Å². The SMILES string of the molecule is CC(C)(C)C(=O)NCc1ccc(S(=O)(=O)N2CCCC2)cc1. The zero-order valence-corrected chi connectivity index (χ0v) is 14.2. The molecule has 0 atom stereocenters. The lowest BCUT2D eigenvalue weighted by molar-refractivity contribution is -0.128. The summed E-state index contributed by atoms with van der Waals surface area (Å²) in [5, 5.41) is 2.85. The fraction of sp³-hybridized carbons (Fsp3) is 0.562. The minimum absolute atomic E-state index is 0.0266. The van der Waals surface area contributed by atoms with Gasteiger partial charge in [-0.15, -0.1) is 0 Å². The summed E-state index contributed by atoms with van der Waals surface area (Å²) < 4.78 is 26.3. The molecule has 0 saturated carbocycles. The summed E-state index contributed by atoms with van der Waals surface area (Å²) in [6, 6.07) is 6.75. The molecule has 0 aliphatic carbocycles. The summed E-state index contributed by atoms with van der Waals surface area (Å²) in [4.78, 5) is 12.1. The highest BCUT2D eigenvalue weighted by Gasteiger charge is 2.27. The van der Waals surface area contributed by atoms with Crippen LogP contribution in [0.25, 0.3) is 0 Å². The van der Waals surface area contributed by atoms with Crippen molar-refractivity contribution in [2.24, 2.45) is 5.41 Å². The summed E-state index contributed by atoms with van der Waals surface area (Å²) in [5.74, 6) is -0.0266. The molecule has 1 N–H and O–H groups in total. The van der Waals surface area contributed by atoms with Crippen molar-refractivity contribution in [2.45, 2.75) is 45.1 Å². The van der Waals surface area contributed by atoms with Gasteiger partial charge in [0.15, 0.2) is 0 Å². The number of carbonyl (C=O) groups is 1. The molecule has 0 aromatic heterocycles. The third kappa shape index (κ3) is 3.87. The summed E-state index contributed by atoms with van der Waals surface area (Å²) >= 11 is 0. The summed E-state index contributed by atoms with van der Waals surface area (Å²) in [5.41, 5.74) is 0.455. The van der Waals surface area contributed by atoms with Gasteiger partial charge < -0.3 is 5.32 Å². The van der Waals surface area contributed by atoms with Crippen LogP contribution >= 0.6 is 0 Å². The molecule has 0 bridgehead atoms. The quantitative estimate of drug-likeness (QED) is 0.922. The molecule has 1 aromatic rings. The lowest BCUT2D eigenvalue weighted by Crippen LogP contribution is -2.34. The van der Waals surface area contributed by atoms with Crippen molar-refractivity contribution in [1.29, 1.82) is 0 Å². The van der Waals surface area contributed by atoms with Gasteiger partial charge in [-0.3, -0.25) is 4.79 Å². The fourth-order valence-electron chi connectivity index (χ4n) is 2.30. The van der Waals surface area contributed by atoms with Crippen molar-refractivity contribution in [1.82, 2.24) is 9.62 Å². The summed E-state index contributed by atoms with van der Waals surface area (Å²) in [6.07, 6.45) is 1.85. The summed E-state index contributed by atoms with van der Waals surface area (Å²) in [6.45, 7) is 7.17. The Morgan fingerprint density at radius 2 is 1.68 bits per heavy atom. The Morgan fingerprint density at radius 1 is 1.14 bits per heavy atom. The lowest BCUT2D eigenvalue weighted by atomic mass is 9.95. The second kappa shape index (κ2) is 6.38. The number of benzene rings is 1. The molecule has 122 valence electrons. The van der Waals surface area contributed by atoms with E-state index in [9.17, 15) is 13.2 Å². The molecule has 6 heteroatoms. The molecular weight excluding hydrogens is 300 g/mol. The number of hydrogen-bond acceptors (Lipinski definition) is 3. The molecule has 1 saturated heterocycles. The standard InChI is InChI=1S/C16H24N2O3S/c1-16(2,3)15(19)17-12-13-6-8-14(9-7-13)22(20,21)18-10-4-5-11-18/h6-9H,4-5,10-12H2,1-3H3,(H,17,19). The van der Waals surface area contributed by atoms with E-state index >= 15 is 0 Å². The molecule has 0 radical (unpaired) electrons. The number of carbonyl (C=O) groups excluding carboxylic acids is 1. The molecule has 1 aromatic carbocycles. The van der Waals surface area contributed by atoms with Gasteiger partial charge in [0.25, 0.3) is 0 Å². The van der Waals surface area contributed by atoms with E-state index in [1.54, 1.807) is 24.3 Å². The van der Waals surface area contributed by atoms with Crippen LogP contribution in [-0.2, 0) is 21.4 Å². The number of sulfonamides is 1. The maximum Gasteiger partial charge on any atom is 0.243 e. The van der Waals surface area contributed by atoms with E-state index in [1.165, 1.54) is 4.31 Å². The van der Waals surface area contributed by atoms with Crippen molar-refractivity contribution in [3.8, 4) is 0 Å². The molecule has 1 aliphatic heterocycles. The molecule has 0 spiro atoms. The van der Waals surface area contributed by atoms with Gasteiger partial charge in [-0.1, -0.05) is 32.9 Å². The Kier molecular flexibility index (Phi) is 4.92. The maximum atomic E-state index is 12.4. The Hall–Kier alpha value is -1.40. The average molecular weight is 324 g/mol. The summed E-state index contributed by atoms with van der Waals surface area (Å²) in [7, 11) is -3.36. The second-order valence-corrected chi connectivity index (χ2v) is 8.63. The van der Waals surface area contributed by atoms with E-state index in [4.69, 9.17) is 0 Å². The zero-order valence-electron chi connectivity index (χ0n) is 13.4. The monoisotopic (exact) mass is 324 g/mol. The van der Waals surface area contributed by atoms with Gasteiger partial charge in [0.1, 0.15) is 0 Å². The first-order chi connectivity index (χ1) is 10.2. The Balaban J connectivity index is 2.03. The molecule has 0 unspecified atom stereocenters.